The molecular formula is C12H16ClN7O. The van der Waals surface area contributed by atoms with Crippen molar-refractivity contribution < 1.29 is 4.74 Å². The van der Waals surface area contributed by atoms with Crippen LogP contribution in [-0.4, -0.2) is 49.5 Å². The van der Waals surface area contributed by atoms with E-state index < -0.39 is 0 Å². The highest BCUT2D eigenvalue weighted by molar-refractivity contribution is 6.28. The number of hydrogen-bond donors (Lipinski definition) is 1. The molecule has 3 rings (SSSR count). The summed E-state index contributed by atoms with van der Waals surface area (Å²) in [6.45, 7) is 4.57. The lowest BCUT2D eigenvalue weighted by atomic mass is 9.82. The van der Waals surface area contributed by atoms with Crippen molar-refractivity contribution in [2.45, 2.75) is 19.8 Å². The van der Waals surface area contributed by atoms with Crippen molar-refractivity contribution in [3.8, 4) is 5.95 Å². The molecular weight excluding hydrogens is 294 g/mol. The van der Waals surface area contributed by atoms with E-state index in [2.05, 4.69) is 37.3 Å². The molecule has 2 aromatic heterocycles. The second-order valence-electron chi connectivity index (χ2n) is 5.34. The highest BCUT2D eigenvalue weighted by Crippen LogP contribution is 2.29. The van der Waals surface area contributed by atoms with Crippen LogP contribution in [0.5, 0.6) is 0 Å². The van der Waals surface area contributed by atoms with Crippen molar-refractivity contribution in [2.75, 3.05) is 25.1 Å². The zero-order chi connectivity index (χ0) is 14.7. The average Bonchev–Trinajstić information content (AvgIpc) is 3.00. The van der Waals surface area contributed by atoms with Gasteiger partial charge in [-0.25, -0.2) is 4.98 Å². The Morgan fingerprint density at radius 3 is 2.86 bits per heavy atom. The lowest BCUT2D eigenvalue weighted by molar-refractivity contribution is 0.0299. The summed E-state index contributed by atoms with van der Waals surface area (Å²) < 4.78 is 6.83. The molecule has 0 radical (unpaired) electrons. The molecule has 1 N–H and O–H groups in total. The van der Waals surface area contributed by atoms with Crippen LogP contribution in [-0.2, 0) is 4.74 Å². The summed E-state index contributed by atoms with van der Waals surface area (Å²) in [5.41, 5.74) is 0.171. The van der Waals surface area contributed by atoms with Gasteiger partial charge in [-0.15, -0.1) is 0 Å². The molecule has 2 aromatic rings. The third-order valence-corrected chi connectivity index (χ3v) is 3.76. The number of anilines is 1. The Bertz CT molecular complexity index is 598. The van der Waals surface area contributed by atoms with Crippen LogP contribution in [0.25, 0.3) is 5.95 Å². The van der Waals surface area contributed by atoms with Crippen molar-refractivity contribution in [1.29, 1.82) is 0 Å². The first-order valence-corrected chi connectivity index (χ1v) is 7.11. The first kappa shape index (κ1) is 14.2. The summed E-state index contributed by atoms with van der Waals surface area (Å²) in [7, 11) is 0. The summed E-state index contributed by atoms with van der Waals surface area (Å²) in [5.74, 6) is 0.778. The number of nitrogens with one attached hydrogen (secondary N) is 1. The van der Waals surface area contributed by atoms with Crippen LogP contribution in [0.2, 0.25) is 5.28 Å². The van der Waals surface area contributed by atoms with Crippen LogP contribution in [0.4, 0.5) is 5.95 Å². The lowest BCUT2D eigenvalue weighted by Crippen LogP contribution is -2.33. The minimum atomic E-state index is 0.120. The molecule has 3 heterocycles. The Morgan fingerprint density at radius 1 is 1.33 bits per heavy atom. The minimum absolute atomic E-state index is 0.120. The Morgan fingerprint density at radius 2 is 2.14 bits per heavy atom. The smallest absolute Gasteiger partial charge is 0.258 e. The fraction of sp³-hybridized carbons (Fsp3) is 0.583. The maximum absolute atomic E-state index is 5.94. The highest BCUT2D eigenvalue weighted by Gasteiger charge is 2.27. The molecule has 112 valence electrons. The largest absolute Gasteiger partial charge is 0.381 e. The van der Waals surface area contributed by atoms with Crippen LogP contribution in [0, 0.1) is 5.41 Å². The van der Waals surface area contributed by atoms with Crippen LogP contribution in [0.3, 0.4) is 0 Å². The van der Waals surface area contributed by atoms with E-state index in [1.807, 2.05) is 0 Å². The van der Waals surface area contributed by atoms with Gasteiger partial charge in [-0.1, -0.05) is 6.92 Å². The normalized spacial score (nSPS) is 17.6. The van der Waals surface area contributed by atoms with Gasteiger partial charge in [-0.05, 0) is 29.9 Å². The maximum atomic E-state index is 5.94. The molecule has 8 nitrogen and oxygen atoms in total. The average molecular weight is 310 g/mol. The molecule has 0 aliphatic carbocycles. The SMILES string of the molecule is CC1(CNc2nc(Cl)nc(-n3cncn3)n2)CCOCC1. The summed E-state index contributed by atoms with van der Waals surface area (Å²) in [5, 5.41) is 7.34. The van der Waals surface area contributed by atoms with Gasteiger partial charge in [0.1, 0.15) is 12.7 Å². The molecule has 0 saturated carbocycles. The van der Waals surface area contributed by atoms with E-state index >= 15 is 0 Å². The van der Waals surface area contributed by atoms with Crippen LogP contribution in [0.1, 0.15) is 19.8 Å². The second-order valence-corrected chi connectivity index (χ2v) is 5.68. The van der Waals surface area contributed by atoms with Crippen molar-refractivity contribution in [1.82, 2.24) is 29.7 Å². The van der Waals surface area contributed by atoms with Gasteiger partial charge in [0.05, 0.1) is 0 Å². The highest BCUT2D eigenvalue weighted by atomic mass is 35.5. The third-order valence-electron chi connectivity index (χ3n) is 3.59. The zero-order valence-corrected chi connectivity index (χ0v) is 12.4. The van der Waals surface area contributed by atoms with Crippen molar-refractivity contribution >= 4 is 17.5 Å². The van der Waals surface area contributed by atoms with Gasteiger partial charge >= 0.3 is 0 Å². The summed E-state index contributed by atoms with van der Waals surface area (Å²) in [4.78, 5) is 16.3. The van der Waals surface area contributed by atoms with E-state index in [9.17, 15) is 0 Å². The summed E-state index contributed by atoms with van der Waals surface area (Å²) >= 11 is 5.94. The Kier molecular flexibility index (Phi) is 3.98. The fourth-order valence-electron chi connectivity index (χ4n) is 2.17. The first-order valence-electron chi connectivity index (χ1n) is 6.73. The predicted molar refractivity (Wildman–Crippen MR) is 76.4 cm³/mol. The summed E-state index contributed by atoms with van der Waals surface area (Å²) in [6, 6.07) is 0. The minimum Gasteiger partial charge on any atom is -0.381 e. The Hall–Kier alpha value is -1.80. The standard InChI is InChI=1S/C12H16ClN7O/c1-12(2-4-21-5-3-12)6-15-10-17-9(13)18-11(19-10)20-8-14-7-16-20/h7-8H,2-6H2,1H3,(H,15,17,18,19). The molecule has 9 heteroatoms. The van der Waals surface area contributed by atoms with E-state index in [1.54, 1.807) is 0 Å². The molecule has 0 spiro atoms. The van der Waals surface area contributed by atoms with Gasteiger partial charge in [0.2, 0.25) is 11.2 Å². The number of aromatic nitrogens is 6. The second kappa shape index (κ2) is 5.90. The van der Waals surface area contributed by atoms with Crippen molar-refractivity contribution in [3.05, 3.63) is 17.9 Å². The molecule has 21 heavy (non-hydrogen) atoms. The van der Waals surface area contributed by atoms with Gasteiger partial charge in [0, 0.05) is 19.8 Å². The Balaban J connectivity index is 1.73. The molecule has 0 atom stereocenters. The fourth-order valence-corrected chi connectivity index (χ4v) is 2.32. The summed E-state index contributed by atoms with van der Waals surface area (Å²) in [6.07, 6.45) is 4.94. The van der Waals surface area contributed by atoms with Gasteiger partial charge in [-0.3, -0.25) is 0 Å². The van der Waals surface area contributed by atoms with Crippen LogP contribution in [0.15, 0.2) is 12.7 Å². The predicted octanol–water partition coefficient (Wildman–Crippen LogP) is 1.33. The van der Waals surface area contributed by atoms with Crippen molar-refractivity contribution in [2.24, 2.45) is 5.41 Å². The number of ether oxygens (including phenoxy) is 1. The number of nitrogens with zero attached hydrogens (tertiary/aromatic N) is 6. The van der Waals surface area contributed by atoms with Crippen LogP contribution < -0.4 is 5.32 Å². The quantitative estimate of drug-likeness (QED) is 0.911. The topological polar surface area (TPSA) is 90.6 Å². The number of halogens is 1. The third kappa shape index (κ3) is 3.45. The van der Waals surface area contributed by atoms with E-state index in [0.29, 0.717) is 11.9 Å². The molecule has 1 saturated heterocycles. The molecule has 1 aliphatic rings. The van der Waals surface area contributed by atoms with E-state index in [0.717, 1.165) is 32.6 Å². The molecule has 1 fully saturated rings. The van der Waals surface area contributed by atoms with E-state index in [1.165, 1.54) is 17.3 Å². The molecule has 0 amide bonds. The lowest BCUT2D eigenvalue weighted by Gasteiger charge is -2.33. The van der Waals surface area contributed by atoms with Crippen molar-refractivity contribution in [3.63, 3.8) is 0 Å². The molecule has 0 bridgehead atoms. The first-order chi connectivity index (χ1) is 10.1. The van der Waals surface area contributed by atoms with Gasteiger partial charge in [0.15, 0.2) is 0 Å². The van der Waals surface area contributed by atoms with Gasteiger partial charge in [-0.2, -0.15) is 24.7 Å². The zero-order valence-electron chi connectivity index (χ0n) is 11.7. The molecule has 1 aliphatic heterocycles. The van der Waals surface area contributed by atoms with E-state index in [-0.39, 0.29) is 10.7 Å². The molecule has 0 unspecified atom stereocenters. The number of rotatable bonds is 4. The number of hydrogen-bond acceptors (Lipinski definition) is 7. The Labute approximate surface area is 126 Å². The van der Waals surface area contributed by atoms with Gasteiger partial charge in [0.25, 0.3) is 5.95 Å². The maximum Gasteiger partial charge on any atom is 0.258 e. The van der Waals surface area contributed by atoms with E-state index in [4.69, 9.17) is 16.3 Å². The van der Waals surface area contributed by atoms with Gasteiger partial charge < -0.3 is 10.1 Å². The monoisotopic (exact) mass is 309 g/mol. The molecule has 0 aromatic carbocycles. The van der Waals surface area contributed by atoms with Crippen LogP contribution >= 0.6 is 11.6 Å².